The van der Waals surface area contributed by atoms with Crippen molar-refractivity contribution < 1.29 is 18.3 Å². The van der Waals surface area contributed by atoms with Crippen molar-refractivity contribution in [2.75, 3.05) is 6.61 Å². The molecule has 6 nitrogen and oxygen atoms in total. The van der Waals surface area contributed by atoms with Gasteiger partial charge >= 0.3 is 0 Å². The first-order valence-electron chi connectivity index (χ1n) is 7.06. The molecule has 0 N–H and O–H groups in total. The third kappa shape index (κ3) is 1.66. The summed E-state index contributed by atoms with van der Waals surface area (Å²) in [6, 6.07) is 0. The van der Waals surface area contributed by atoms with Gasteiger partial charge < -0.3 is 9.30 Å². The normalized spacial score (nSPS) is 17.7. The topological polar surface area (TPSA) is 77.7 Å². The Kier molecular flexibility index (Phi) is 2.70. The van der Waals surface area contributed by atoms with E-state index in [0.29, 0.717) is 12.7 Å². The molecule has 1 aliphatic carbocycles. The standard InChI is InChI=1S/C15H10F2N2O4/c16-9-10(17)14-12-8(11(9)18-22)13(21)7(6-20)5-19(12)15(1-2-15)3-4-23-14/h5-6H,1-4H2. The Balaban J connectivity index is 2.32. The second kappa shape index (κ2) is 4.43. The number of carbonyl (C=O) groups is 1. The fraction of sp³-hybridized carbons (Fsp3) is 0.333. The van der Waals surface area contributed by atoms with Gasteiger partial charge in [-0.1, -0.05) is 0 Å². The summed E-state index contributed by atoms with van der Waals surface area (Å²) < 4.78 is 35.3. The SMILES string of the molecule is O=Cc1cn2c3c(c(F)c(F)c(N=O)c3c1=O)OCCC21CC1. The smallest absolute Gasteiger partial charge is 0.205 e. The van der Waals surface area contributed by atoms with Gasteiger partial charge in [0.1, 0.15) is 5.52 Å². The fourth-order valence-corrected chi connectivity index (χ4v) is 3.27. The Hall–Kier alpha value is -2.64. The molecule has 8 heteroatoms. The molecule has 4 rings (SSSR count). The van der Waals surface area contributed by atoms with Gasteiger partial charge in [-0.05, 0) is 18.0 Å². The number of nitroso groups, excluding NO2 is 1. The molecule has 0 unspecified atom stereocenters. The number of fused-ring (bicyclic) bond motifs is 1. The molecular weight excluding hydrogens is 310 g/mol. The Morgan fingerprint density at radius 1 is 1.26 bits per heavy atom. The van der Waals surface area contributed by atoms with E-state index in [2.05, 4.69) is 5.18 Å². The van der Waals surface area contributed by atoms with Gasteiger partial charge in [0.05, 0.1) is 17.6 Å². The van der Waals surface area contributed by atoms with Crippen molar-refractivity contribution in [1.29, 1.82) is 0 Å². The van der Waals surface area contributed by atoms with Gasteiger partial charge in [-0.2, -0.15) is 4.39 Å². The Morgan fingerprint density at radius 2 is 2.00 bits per heavy atom. The summed E-state index contributed by atoms with van der Waals surface area (Å²) >= 11 is 0. The van der Waals surface area contributed by atoms with Crippen molar-refractivity contribution in [2.24, 2.45) is 5.18 Å². The lowest BCUT2D eigenvalue weighted by Crippen LogP contribution is -2.22. The monoisotopic (exact) mass is 320 g/mol. The third-order valence-corrected chi connectivity index (χ3v) is 4.66. The number of hydrogen-bond acceptors (Lipinski definition) is 5. The van der Waals surface area contributed by atoms with Crippen LogP contribution in [0.4, 0.5) is 14.5 Å². The van der Waals surface area contributed by atoms with Crippen LogP contribution in [0.3, 0.4) is 0 Å². The quantitative estimate of drug-likeness (QED) is 0.629. The van der Waals surface area contributed by atoms with Crippen molar-refractivity contribution >= 4 is 22.9 Å². The molecule has 1 aromatic carbocycles. The van der Waals surface area contributed by atoms with Crippen LogP contribution in [-0.4, -0.2) is 17.5 Å². The van der Waals surface area contributed by atoms with E-state index in [1.54, 1.807) is 4.57 Å². The van der Waals surface area contributed by atoms with Gasteiger partial charge in [0, 0.05) is 18.2 Å². The largest absolute Gasteiger partial charge is 0.488 e. The van der Waals surface area contributed by atoms with Crippen LogP contribution in [0.15, 0.2) is 16.2 Å². The second-order valence-corrected chi connectivity index (χ2v) is 5.84. The molecule has 1 aromatic heterocycles. The number of halogens is 2. The van der Waals surface area contributed by atoms with Crippen LogP contribution >= 0.6 is 0 Å². The maximum Gasteiger partial charge on any atom is 0.205 e. The number of carbonyl (C=O) groups excluding carboxylic acids is 1. The highest BCUT2D eigenvalue weighted by Gasteiger charge is 2.47. The Morgan fingerprint density at radius 3 is 2.61 bits per heavy atom. The van der Waals surface area contributed by atoms with Gasteiger partial charge in [0.25, 0.3) is 0 Å². The van der Waals surface area contributed by atoms with Crippen LogP contribution < -0.4 is 10.2 Å². The first-order valence-corrected chi connectivity index (χ1v) is 7.06. The second-order valence-electron chi connectivity index (χ2n) is 5.84. The lowest BCUT2D eigenvalue weighted by molar-refractivity contribution is 0.112. The van der Waals surface area contributed by atoms with E-state index >= 15 is 0 Å². The highest BCUT2D eigenvalue weighted by atomic mass is 19.2. The molecule has 2 heterocycles. The van der Waals surface area contributed by atoms with Crippen molar-refractivity contribution in [2.45, 2.75) is 24.8 Å². The molecule has 0 amide bonds. The molecular formula is C15H10F2N2O4. The summed E-state index contributed by atoms with van der Waals surface area (Å²) in [6.07, 6.45) is 3.71. The summed E-state index contributed by atoms with van der Waals surface area (Å²) in [5, 5.41) is 2.07. The number of nitrogens with zero attached hydrogens (tertiary/aromatic N) is 2. The minimum Gasteiger partial charge on any atom is -0.488 e. The van der Waals surface area contributed by atoms with Gasteiger partial charge in [-0.15, -0.1) is 4.91 Å². The lowest BCUT2D eigenvalue weighted by atomic mass is 10.1. The summed E-state index contributed by atoms with van der Waals surface area (Å²) in [4.78, 5) is 34.6. The maximum atomic E-state index is 14.3. The summed E-state index contributed by atoms with van der Waals surface area (Å²) in [5.41, 5.74) is -2.43. The first-order chi connectivity index (χ1) is 11.0. The molecule has 0 saturated heterocycles. The van der Waals surface area contributed by atoms with Crippen LogP contribution in [0.25, 0.3) is 10.9 Å². The molecule has 1 fully saturated rings. The molecule has 23 heavy (non-hydrogen) atoms. The van der Waals surface area contributed by atoms with Crippen molar-refractivity contribution in [3.05, 3.63) is 38.5 Å². The van der Waals surface area contributed by atoms with E-state index in [1.165, 1.54) is 6.20 Å². The number of ether oxygens (including phenoxy) is 1. The van der Waals surface area contributed by atoms with Crippen LogP contribution in [0.5, 0.6) is 5.75 Å². The third-order valence-electron chi connectivity index (χ3n) is 4.66. The number of pyridine rings is 1. The molecule has 2 aromatic rings. The zero-order valence-electron chi connectivity index (χ0n) is 11.8. The maximum absolute atomic E-state index is 14.3. The zero-order valence-corrected chi connectivity index (χ0v) is 11.8. The molecule has 2 aliphatic rings. The van der Waals surface area contributed by atoms with Crippen LogP contribution in [-0.2, 0) is 5.54 Å². The van der Waals surface area contributed by atoms with Crippen LogP contribution in [0.2, 0.25) is 0 Å². The van der Waals surface area contributed by atoms with Crippen molar-refractivity contribution in [3.8, 4) is 5.75 Å². The van der Waals surface area contributed by atoms with E-state index in [1.807, 2.05) is 0 Å². The van der Waals surface area contributed by atoms with Crippen LogP contribution in [0.1, 0.15) is 29.6 Å². The van der Waals surface area contributed by atoms with E-state index in [4.69, 9.17) is 4.74 Å². The predicted molar refractivity (Wildman–Crippen MR) is 76.3 cm³/mol. The minimum absolute atomic E-state index is 0.0101. The highest BCUT2D eigenvalue weighted by Crippen LogP contribution is 2.52. The fourth-order valence-electron chi connectivity index (χ4n) is 3.27. The molecule has 1 spiro atoms. The Bertz CT molecular complexity index is 947. The van der Waals surface area contributed by atoms with Gasteiger partial charge in [0.15, 0.2) is 23.5 Å². The molecule has 0 atom stereocenters. The average Bonchev–Trinajstić information content (AvgIpc) is 3.34. The van der Waals surface area contributed by atoms with Gasteiger partial charge in [0.2, 0.25) is 11.2 Å². The van der Waals surface area contributed by atoms with Crippen LogP contribution in [0, 0.1) is 16.5 Å². The molecule has 1 saturated carbocycles. The number of benzene rings is 1. The predicted octanol–water partition coefficient (Wildman–Crippen LogP) is 2.76. The van der Waals surface area contributed by atoms with E-state index in [0.717, 1.165) is 12.8 Å². The first kappa shape index (κ1) is 14.0. The van der Waals surface area contributed by atoms with Crippen molar-refractivity contribution in [1.82, 2.24) is 4.57 Å². The van der Waals surface area contributed by atoms with E-state index in [9.17, 15) is 23.3 Å². The average molecular weight is 320 g/mol. The molecule has 118 valence electrons. The number of rotatable bonds is 2. The molecule has 1 aliphatic heterocycles. The zero-order chi connectivity index (χ0) is 16.4. The minimum atomic E-state index is -1.54. The number of aldehydes is 1. The number of hydrogen-bond donors (Lipinski definition) is 0. The van der Waals surface area contributed by atoms with Gasteiger partial charge in [-0.25, -0.2) is 4.39 Å². The highest BCUT2D eigenvalue weighted by molar-refractivity contribution is 5.98. The Labute approximate surface area is 127 Å². The summed E-state index contributed by atoms with van der Waals surface area (Å²) in [5.74, 6) is -3.30. The lowest BCUT2D eigenvalue weighted by Gasteiger charge is -2.20. The summed E-state index contributed by atoms with van der Waals surface area (Å²) in [7, 11) is 0. The van der Waals surface area contributed by atoms with Crippen molar-refractivity contribution in [3.63, 3.8) is 0 Å². The van der Waals surface area contributed by atoms with E-state index in [-0.39, 0.29) is 17.7 Å². The van der Waals surface area contributed by atoms with E-state index < -0.39 is 39.4 Å². The number of aromatic nitrogens is 1. The van der Waals surface area contributed by atoms with Gasteiger partial charge in [-0.3, -0.25) is 9.59 Å². The molecule has 0 bridgehead atoms. The molecule has 0 radical (unpaired) electrons. The summed E-state index contributed by atoms with van der Waals surface area (Å²) in [6.45, 7) is 0.144.